The molecule has 1 N–H and O–H groups in total. The molecule has 0 bridgehead atoms. The predicted molar refractivity (Wildman–Crippen MR) is 102 cm³/mol. The van der Waals surface area contributed by atoms with E-state index < -0.39 is 21.9 Å². The maximum Gasteiger partial charge on any atom is 0.240 e. The topological polar surface area (TPSA) is 75.7 Å². The molecule has 2 aliphatic heterocycles. The molecule has 2 aliphatic rings. The van der Waals surface area contributed by atoms with E-state index in [1.54, 1.807) is 29.2 Å². The van der Waals surface area contributed by atoms with Crippen LogP contribution in [0.3, 0.4) is 0 Å². The summed E-state index contributed by atoms with van der Waals surface area (Å²) in [7, 11) is -2.32. The molecule has 2 heterocycles. The number of carbonyl (C=O) groups is 1. The van der Waals surface area contributed by atoms with Gasteiger partial charge in [-0.2, -0.15) is 0 Å². The normalized spacial score (nSPS) is 16.9. The molecule has 6 nitrogen and oxygen atoms in total. The van der Waals surface area contributed by atoms with E-state index in [4.69, 9.17) is 4.74 Å². The number of halogens is 1. The number of nitrogens with zero attached hydrogens (tertiary/aromatic N) is 1. The van der Waals surface area contributed by atoms with E-state index in [1.807, 2.05) is 0 Å². The van der Waals surface area contributed by atoms with Crippen molar-refractivity contribution in [3.8, 4) is 0 Å². The summed E-state index contributed by atoms with van der Waals surface area (Å²) in [4.78, 5) is 14.0. The van der Waals surface area contributed by atoms with Crippen molar-refractivity contribution in [2.24, 2.45) is 0 Å². The second-order valence-electron chi connectivity index (χ2n) is 7.02. The molecule has 0 aliphatic carbocycles. The molecule has 1 amide bonds. The maximum absolute atomic E-state index is 13.5. The molecule has 0 radical (unpaired) electrons. The van der Waals surface area contributed by atoms with Gasteiger partial charge < -0.3 is 9.64 Å². The lowest BCUT2D eigenvalue weighted by atomic mass is 10.00. The van der Waals surface area contributed by atoms with E-state index in [9.17, 15) is 17.6 Å². The summed E-state index contributed by atoms with van der Waals surface area (Å²) in [5.41, 5.74) is 3.22. The smallest absolute Gasteiger partial charge is 0.240 e. The number of sulfonamides is 1. The number of amides is 1. The Kier molecular flexibility index (Phi) is 4.95. The molecule has 28 heavy (non-hydrogen) atoms. The van der Waals surface area contributed by atoms with Gasteiger partial charge in [0.05, 0.1) is 16.7 Å². The van der Waals surface area contributed by atoms with E-state index in [0.717, 1.165) is 16.8 Å². The van der Waals surface area contributed by atoms with Gasteiger partial charge in [-0.15, -0.1) is 0 Å². The molecule has 8 heteroatoms. The van der Waals surface area contributed by atoms with Gasteiger partial charge in [0.1, 0.15) is 5.82 Å². The Morgan fingerprint density at radius 3 is 2.64 bits per heavy atom. The zero-order valence-corrected chi connectivity index (χ0v) is 16.3. The molecule has 0 saturated heterocycles. The number of aryl methyl sites for hydroxylation is 1. The summed E-state index contributed by atoms with van der Waals surface area (Å²) in [6.45, 7) is 0.586. The Bertz CT molecular complexity index is 1040. The standard InChI is InChI=1S/C20H21FN2O4S/c1-27-18(13-3-2-4-16(21)9-13)12-22-28(25,26)17-10-14-5-6-19(24)23-8-7-15(11-17)20(14)23/h2-4,9-11,18,22H,5-8,12H2,1H3. The fraction of sp³-hybridized carbons (Fsp3) is 0.350. The van der Waals surface area contributed by atoms with Crippen molar-refractivity contribution in [2.45, 2.75) is 30.3 Å². The van der Waals surface area contributed by atoms with Gasteiger partial charge in [0, 0.05) is 26.6 Å². The van der Waals surface area contributed by atoms with Crippen LogP contribution in [0.4, 0.5) is 10.1 Å². The summed E-state index contributed by atoms with van der Waals surface area (Å²) in [5, 5.41) is 0. The van der Waals surface area contributed by atoms with Gasteiger partial charge in [0.25, 0.3) is 0 Å². The highest BCUT2D eigenvalue weighted by Crippen LogP contribution is 2.38. The number of methoxy groups -OCH3 is 1. The minimum atomic E-state index is -3.77. The summed E-state index contributed by atoms with van der Waals surface area (Å²) in [6.07, 6.45) is 0.993. The Hall–Kier alpha value is -2.29. The Labute approximate surface area is 163 Å². The predicted octanol–water partition coefficient (Wildman–Crippen LogP) is 2.33. The molecule has 2 aromatic carbocycles. The largest absolute Gasteiger partial charge is 0.375 e. The molecule has 0 fully saturated rings. The van der Waals surface area contributed by atoms with Gasteiger partial charge in [0.15, 0.2) is 0 Å². The number of benzene rings is 2. The lowest BCUT2D eigenvalue weighted by molar-refractivity contribution is -0.118. The highest BCUT2D eigenvalue weighted by molar-refractivity contribution is 7.89. The third kappa shape index (κ3) is 3.43. The zero-order valence-electron chi connectivity index (χ0n) is 15.4. The fourth-order valence-electron chi connectivity index (χ4n) is 3.89. The number of rotatable bonds is 6. The minimum Gasteiger partial charge on any atom is -0.375 e. The summed E-state index contributed by atoms with van der Waals surface area (Å²) >= 11 is 0. The Balaban J connectivity index is 1.57. The molecule has 2 aromatic rings. The van der Waals surface area contributed by atoms with Crippen LogP contribution in [0.2, 0.25) is 0 Å². The average molecular weight is 404 g/mol. The van der Waals surface area contributed by atoms with Crippen LogP contribution in [0.1, 0.15) is 29.2 Å². The molecular formula is C20H21FN2O4S. The number of hydrogen-bond donors (Lipinski definition) is 1. The molecule has 1 atom stereocenters. The number of nitrogens with one attached hydrogen (secondary N) is 1. The number of anilines is 1. The second-order valence-corrected chi connectivity index (χ2v) is 8.78. The maximum atomic E-state index is 13.5. The van der Waals surface area contributed by atoms with Gasteiger partial charge in [-0.1, -0.05) is 12.1 Å². The summed E-state index contributed by atoms with van der Waals surface area (Å²) < 4.78 is 47.1. The lowest BCUT2D eigenvalue weighted by Gasteiger charge is -2.26. The van der Waals surface area contributed by atoms with Crippen LogP contribution in [0.25, 0.3) is 0 Å². The first-order valence-corrected chi connectivity index (χ1v) is 10.6. The van der Waals surface area contributed by atoms with Crippen molar-refractivity contribution in [3.05, 3.63) is 58.9 Å². The monoisotopic (exact) mass is 404 g/mol. The number of hydrogen-bond acceptors (Lipinski definition) is 4. The lowest BCUT2D eigenvalue weighted by Crippen LogP contribution is -2.33. The molecule has 0 aromatic heterocycles. The van der Waals surface area contributed by atoms with E-state index in [0.29, 0.717) is 31.4 Å². The summed E-state index contributed by atoms with van der Waals surface area (Å²) in [5.74, 6) is -0.308. The van der Waals surface area contributed by atoms with Crippen LogP contribution >= 0.6 is 0 Å². The molecule has 0 spiro atoms. The van der Waals surface area contributed by atoms with E-state index in [2.05, 4.69) is 4.72 Å². The van der Waals surface area contributed by atoms with Crippen molar-refractivity contribution in [3.63, 3.8) is 0 Å². The molecule has 148 valence electrons. The quantitative estimate of drug-likeness (QED) is 0.802. The van der Waals surface area contributed by atoms with Crippen molar-refractivity contribution < 1.29 is 22.3 Å². The minimum absolute atomic E-state index is 0.0146. The third-order valence-electron chi connectivity index (χ3n) is 5.30. The van der Waals surface area contributed by atoms with Gasteiger partial charge in [-0.05, 0) is 53.8 Å². The molecule has 1 unspecified atom stereocenters. The third-order valence-corrected chi connectivity index (χ3v) is 6.70. The van der Waals surface area contributed by atoms with E-state index in [-0.39, 0.29) is 17.3 Å². The highest BCUT2D eigenvalue weighted by Gasteiger charge is 2.33. The van der Waals surface area contributed by atoms with Crippen molar-refractivity contribution in [1.29, 1.82) is 0 Å². The van der Waals surface area contributed by atoms with Crippen LogP contribution in [0, 0.1) is 5.82 Å². The van der Waals surface area contributed by atoms with Crippen molar-refractivity contribution >= 4 is 21.6 Å². The first-order chi connectivity index (χ1) is 13.4. The van der Waals surface area contributed by atoms with Crippen molar-refractivity contribution in [2.75, 3.05) is 25.1 Å². The molecule has 4 rings (SSSR count). The van der Waals surface area contributed by atoms with Crippen LogP contribution in [-0.2, 0) is 32.4 Å². The number of carbonyl (C=O) groups excluding carboxylic acids is 1. The second kappa shape index (κ2) is 7.27. The van der Waals surface area contributed by atoms with Gasteiger partial charge in [-0.25, -0.2) is 17.5 Å². The first-order valence-electron chi connectivity index (χ1n) is 9.13. The molecular weight excluding hydrogens is 383 g/mol. The molecule has 0 saturated carbocycles. The van der Waals surface area contributed by atoms with Crippen LogP contribution in [0.5, 0.6) is 0 Å². The fourth-order valence-corrected chi connectivity index (χ4v) is 5.03. The van der Waals surface area contributed by atoms with Crippen LogP contribution in [0.15, 0.2) is 41.3 Å². The first kappa shape index (κ1) is 19.0. The highest BCUT2D eigenvalue weighted by atomic mass is 32.2. The summed E-state index contributed by atoms with van der Waals surface area (Å²) in [6, 6.07) is 9.19. The van der Waals surface area contributed by atoms with Crippen LogP contribution < -0.4 is 9.62 Å². The van der Waals surface area contributed by atoms with Crippen LogP contribution in [-0.4, -0.2) is 34.5 Å². The Morgan fingerprint density at radius 2 is 1.93 bits per heavy atom. The van der Waals surface area contributed by atoms with E-state index >= 15 is 0 Å². The zero-order chi connectivity index (χ0) is 19.9. The van der Waals surface area contributed by atoms with Gasteiger partial charge >= 0.3 is 0 Å². The van der Waals surface area contributed by atoms with Crippen molar-refractivity contribution in [1.82, 2.24) is 4.72 Å². The van der Waals surface area contributed by atoms with E-state index in [1.165, 1.54) is 19.2 Å². The number of ether oxygens (including phenoxy) is 1. The van der Waals surface area contributed by atoms with Gasteiger partial charge in [-0.3, -0.25) is 4.79 Å². The SMILES string of the molecule is COC(CNS(=O)(=O)c1cc2c3c(c1)CCN3C(=O)CC2)c1cccc(F)c1. The van der Waals surface area contributed by atoms with Gasteiger partial charge in [0.2, 0.25) is 15.9 Å². The average Bonchev–Trinajstić information content (AvgIpc) is 3.11. The Morgan fingerprint density at radius 1 is 1.18 bits per heavy atom.